The van der Waals surface area contributed by atoms with Gasteiger partial charge in [-0.2, -0.15) is 26.3 Å². The standard InChI is InChI=1S/C22H24F4N6O5.C2HF3O2/c1-20(2,3)37-19(34)31-18-32-21(4,8-13(36-18)22(24,25)26)16-11(23)6-7-14(29-16)30-17(33)12-9-28-15(35-5)10-27-12;3-2(4,5)1(6)7/h6-7,9-10,13H,8H2,1-5H3,(H,29,30,33)(H,31,32,34);(H,6,7)/t13-,21-;/m0./s1. The summed E-state index contributed by atoms with van der Waals surface area (Å²) in [5.41, 5.74) is -3.55. The van der Waals surface area contributed by atoms with Crippen LogP contribution in [0.5, 0.6) is 5.88 Å². The Balaban J connectivity index is 0.000000860. The Labute approximate surface area is 243 Å². The fourth-order valence-corrected chi connectivity index (χ4v) is 3.22. The van der Waals surface area contributed by atoms with Crippen molar-refractivity contribution in [2.45, 2.75) is 63.7 Å². The van der Waals surface area contributed by atoms with E-state index in [2.05, 4.69) is 25.3 Å². The van der Waals surface area contributed by atoms with Crippen molar-refractivity contribution in [1.82, 2.24) is 20.3 Å². The van der Waals surface area contributed by atoms with Crippen LogP contribution < -0.4 is 15.4 Å². The summed E-state index contributed by atoms with van der Waals surface area (Å²) in [4.78, 5) is 49.2. The number of rotatable bonds is 4. The van der Waals surface area contributed by atoms with Gasteiger partial charge in [0.15, 0.2) is 6.10 Å². The molecule has 20 heteroatoms. The highest BCUT2D eigenvalue weighted by atomic mass is 19.4. The van der Waals surface area contributed by atoms with Crippen molar-refractivity contribution < 1.29 is 64.4 Å². The summed E-state index contributed by atoms with van der Waals surface area (Å²) in [5, 5.41) is 11.5. The molecule has 0 spiro atoms. The Morgan fingerprint density at radius 3 is 2.14 bits per heavy atom. The lowest BCUT2D eigenvalue weighted by atomic mass is 9.89. The number of nitrogens with zero attached hydrogens (tertiary/aromatic N) is 4. The average Bonchev–Trinajstić information content (AvgIpc) is 2.87. The van der Waals surface area contributed by atoms with E-state index in [0.29, 0.717) is 0 Å². The highest BCUT2D eigenvalue weighted by Gasteiger charge is 2.51. The number of carboxylic acid groups (broad SMARTS) is 1. The monoisotopic (exact) mass is 642 g/mol. The number of carboxylic acids is 1. The van der Waals surface area contributed by atoms with Crippen molar-refractivity contribution in [3.8, 4) is 5.88 Å². The predicted octanol–water partition coefficient (Wildman–Crippen LogP) is 4.35. The van der Waals surface area contributed by atoms with Gasteiger partial charge >= 0.3 is 24.4 Å². The third-order valence-electron chi connectivity index (χ3n) is 5.07. The Kier molecular flexibility index (Phi) is 10.7. The predicted molar refractivity (Wildman–Crippen MR) is 134 cm³/mol. The lowest BCUT2D eigenvalue weighted by Gasteiger charge is -2.36. The number of pyridine rings is 1. The molecule has 0 saturated carbocycles. The zero-order chi connectivity index (χ0) is 33.7. The molecule has 242 valence electrons. The molecule has 0 fully saturated rings. The number of aromatic nitrogens is 3. The molecule has 0 bridgehead atoms. The highest BCUT2D eigenvalue weighted by molar-refractivity contribution is 6.02. The van der Waals surface area contributed by atoms with Crippen molar-refractivity contribution in [3.05, 3.63) is 41.7 Å². The maximum atomic E-state index is 14.9. The van der Waals surface area contributed by atoms with Crippen LogP contribution in [0.1, 0.15) is 50.3 Å². The summed E-state index contributed by atoms with van der Waals surface area (Å²) in [6, 6.07) is 1.20. The lowest BCUT2D eigenvalue weighted by molar-refractivity contribution is -0.208. The van der Waals surface area contributed by atoms with E-state index >= 15 is 0 Å². The quantitative estimate of drug-likeness (QED) is 0.407. The molecule has 2 amide bonds. The largest absolute Gasteiger partial charge is 0.490 e. The molecule has 0 saturated heterocycles. The molecule has 0 aromatic carbocycles. The zero-order valence-electron chi connectivity index (χ0n) is 23.4. The maximum absolute atomic E-state index is 14.9. The van der Waals surface area contributed by atoms with Gasteiger partial charge in [-0.15, -0.1) is 0 Å². The van der Waals surface area contributed by atoms with Crippen LogP contribution in [0, 0.1) is 5.82 Å². The Morgan fingerprint density at radius 2 is 1.66 bits per heavy atom. The van der Waals surface area contributed by atoms with E-state index in [9.17, 15) is 40.3 Å². The van der Waals surface area contributed by atoms with Gasteiger partial charge in [0.1, 0.15) is 34.2 Å². The summed E-state index contributed by atoms with van der Waals surface area (Å²) in [6.07, 6.45) is -12.1. The van der Waals surface area contributed by atoms with Crippen LogP contribution in [0.3, 0.4) is 0 Å². The van der Waals surface area contributed by atoms with Crippen molar-refractivity contribution in [3.63, 3.8) is 0 Å². The molecular formula is C24H25F7N6O7. The summed E-state index contributed by atoms with van der Waals surface area (Å²) >= 11 is 0. The van der Waals surface area contributed by atoms with Crippen LogP contribution >= 0.6 is 0 Å². The molecule has 0 aliphatic carbocycles. The molecule has 44 heavy (non-hydrogen) atoms. The van der Waals surface area contributed by atoms with Gasteiger partial charge in [0.2, 0.25) is 5.88 Å². The number of alkyl carbamates (subject to hydrolysis) is 1. The van der Waals surface area contributed by atoms with Gasteiger partial charge in [0, 0.05) is 6.42 Å². The van der Waals surface area contributed by atoms with Crippen molar-refractivity contribution in [1.29, 1.82) is 0 Å². The number of hydrogen-bond acceptors (Lipinski definition) is 10. The van der Waals surface area contributed by atoms with Gasteiger partial charge in [-0.3, -0.25) is 4.79 Å². The Morgan fingerprint density at radius 1 is 1.05 bits per heavy atom. The molecule has 2 aromatic heterocycles. The smallest absolute Gasteiger partial charge is 0.480 e. The third kappa shape index (κ3) is 10.2. The molecule has 0 radical (unpaired) electrons. The summed E-state index contributed by atoms with van der Waals surface area (Å²) < 4.78 is 102. The van der Waals surface area contributed by atoms with Crippen LogP contribution in [0.2, 0.25) is 0 Å². The Bertz CT molecular complexity index is 1400. The zero-order valence-corrected chi connectivity index (χ0v) is 23.4. The lowest BCUT2D eigenvalue weighted by Crippen LogP contribution is -2.49. The van der Waals surface area contributed by atoms with Gasteiger partial charge in [0.25, 0.3) is 11.9 Å². The molecule has 1 aliphatic heterocycles. The first-order chi connectivity index (χ1) is 20.0. The number of alkyl halides is 6. The van der Waals surface area contributed by atoms with E-state index in [4.69, 9.17) is 24.1 Å². The van der Waals surface area contributed by atoms with Gasteiger partial charge in [-0.25, -0.2) is 39.2 Å². The van der Waals surface area contributed by atoms with Crippen molar-refractivity contribution >= 4 is 29.8 Å². The van der Waals surface area contributed by atoms with E-state index in [1.807, 2.05) is 5.32 Å². The number of aliphatic carboxylic acids is 1. The molecular weight excluding hydrogens is 617 g/mol. The Hall–Kier alpha value is -4.78. The number of amidine groups is 1. The third-order valence-corrected chi connectivity index (χ3v) is 5.07. The van der Waals surface area contributed by atoms with Crippen LogP contribution in [0.25, 0.3) is 0 Å². The maximum Gasteiger partial charge on any atom is 0.490 e. The number of aliphatic imine (C=N–C) groups is 1. The number of anilines is 1. The van der Waals surface area contributed by atoms with E-state index in [1.54, 1.807) is 20.8 Å². The minimum atomic E-state index is -5.08. The number of hydrogen-bond donors (Lipinski definition) is 3. The number of amides is 2. The first kappa shape index (κ1) is 35.4. The van der Waals surface area contributed by atoms with Crippen LogP contribution in [-0.2, 0) is 19.8 Å². The number of carbonyl (C=O) groups is 3. The van der Waals surface area contributed by atoms with Crippen LogP contribution in [0.15, 0.2) is 29.5 Å². The molecule has 3 N–H and O–H groups in total. The SMILES string of the molecule is COc1cnc(C(=O)Nc2ccc(F)c([C@]3(C)C[C@@H](C(F)(F)F)OC(NC(=O)OC(C)(C)C)=N3)n2)cn1.O=C(O)C(F)(F)F. The van der Waals surface area contributed by atoms with Gasteiger partial charge < -0.3 is 24.6 Å². The van der Waals surface area contributed by atoms with Crippen LogP contribution in [0.4, 0.5) is 41.3 Å². The molecule has 1 aliphatic rings. The number of ether oxygens (including phenoxy) is 3. The van der Waals surface area contributed by atoms with E-state index in [0.717, 1.165) is 18.3 Å². The summed E-state index contributed by atoms with van der Waals surface area (Å²) in [6.45, 7) is 5.84. The number of halogens is 7. The first-order valence-corrected chi connectivity index (χ1v) is 12.0. The van der Waals surface area contributed by atoms with Crippen molar-refractivity contribution in [2.75, 3.05) is 12.4 Å². The normalized spacial score (nSPS) is 18.5. The number of methoxy groups -OCH3 is 1. The second kappa shape index (κ2) is 13.2. The van der Waals surface area contributed by atoms with Gasteiger partial charge in [-0.1, -0.05) is 0 Å². The van der Waals surface area contributed by atoms with Gasteiger partial charge in [0.05, 0.1) is 19.5 Å². The fraction of sp³-hybridized carbons (Fsp3) is 0.458. The van der Waals surface area contributed by atoms with E-state index in [-0.39, 0.29) is 17.4 Å². The van der Waals surface area contributed by atoms with Crippen LogP contribution in [-0.4, -0.2) is 75.2 Å². The minimum Gasteiger partial charge on any atom is -0.480 e. The second-order valence-electron chi connectivity index (χ2n) is 9.90. The fourth-order valence-electron chi connectivity index (χ4n) is 3.22. The van der Waals surface area contributed by atoms with E-state index in [1.165, 1.54) is 20.2 Å². The average molecular weight is 642 g/mol. The molecule has 2 aromatic rings. The highest BCUT2D eigenvalue weighted by Crippen LogP contribution is 2.40. The molecule has 2 atom stereocenters. The second-order valence-corrected chi connectivity index (χ2v) is 9.90. The van der Waals surface area contributed by atoms with Gasteiger partial charge in [-0.05, 0) is 39.8 Å². The molecule has 0 unspecified atom stereocenters. The topological polar surface area (TPSA) is 174 Å². The summed E-state index contributed by atoms with van der Waals surface area (Å²) in [5.74, 6) is -4.53. The molecule has 3 heterocycles. The number of nitrogens with one attached hydrogen (secondary N) is 2. The molecule has 13 nitrogen and oxygen atoms in total. The molecule has 3 rings (SSSR count). The first-order valence-electron chi connectivity index (χ1n) is 12.0. The van der Waals surface area contributed by atoms with Crippen molar-refractivity contribution in [2.24, 2.45) is 4.99 Å². The summed E-state index contributed by atoms with van der Waals surface area (Å²) in [7, 11) is 1.37. The minimum absolute atomic E-state index is 0.121. The number of carbonyl (C=O) groups excluding carboxylic acids is 2. The van der Waals surface area contributed by atoms with E-state index < -0.39 is 71.5 Å².